The second-order valence-corrected chi connectivity index (χ2v) is 6.10. The minimum atomic E-state index is -0.714. The summed E-state index contributed by atoms with van der Waals surface area (Å²) in [5, 5.41) is 2.81. The van der Waals surface area contributed by atoms with Crippen molar-refractivity contribution in [2.75, 3.05) is 18.7 Å². The van der Waals surface area contributed by atoms with Crippen molar-refractivity contribution in [2.45, 2.75) is 6.92 Å². The molecular formula is C19H15ClFNO5. The molecule has 0 aromatic heterocycles. The summed E-state index contributed by atoms with van der Waals surface area (Å²) in [5.41, 5.74) is 1.36. The maximum atomic E-state index is 13.4. The number of halogens is 2. The number of fused-ring (bicyclic) bond motifs is 1. The molecule has 1 aliphatic rings. The molecule has 1 aliphatic heterocycles. The highest BCUT2D eigenvalue weighted by molar-refractivity contribution is 6.32. The van der Waals surface area contributed by atoms with E-state index in [1.165, 1.54) is 18.2 Å². The molecule has 2 aromatic rings. The van der Waals surface area contributed by atoms with Crippen molar-refractivity contribution in [3.05, 3.63) is 58.4 Å². The molecule has 27 heavy (non-hydrogen) atoms. The first-order valence-corrected chi connectivity index (χ1v) is 8.30. The molecule has 0 aliphatic carbocycles. The predicted octanol–water partition coefficient (Wildman–Crippen LogP) is 3.71. The zero-order chi connectivity index (χ0) is 19.4. The molecule has 8 heteroatoms. The zero-order valence-corrected chi connectivity index (χ0v) is 15.0. The number of carbonyl (C=O) groups is 2. The second kappa shape index (κ2) is 8.09. The molecule has 1 N–H and O–H groups in total. The van der Waals surface area contributed by atoms with Gasteiger partial charge in [-0.25, -0.2) is 9.18 Å². The monoisotopic (exact) mass is 391 g/mol. The van der Waals surface area contributed by atoms with Gasteiger partial charge in [0.2, 0.25) is 6.79 Å². The summed E-state index contributed by atoms with van der Waals surface area (Å²) < 4.78 is 28.7. The normalized spacial score (nSPS) is 12.3. The smallest absolute Gasteiger partial charge is 0.331 e. The Bertz CT molecular complexity index is 929. The molecule has 140 valence electrons. The number of amides is 1. The average Bonchev–Trinajstić information content (AvgIpc) is 3.10. The van der Waals surface area contributed by atoms with Crippen LogP contribution in [-0.2, 0) is 14.3 Å². The predicted molar refractivity (Wildman–Crippen MR) is 97.3 cm³/mol. The van der Waals surface area contributed by atoms with Crippen LogP contribution in [0.15, 0.2) is 36.4 Å². The Morgan fingerprint density at radius 1 is 1.30 bits per heavy atom. The molecule has 0 saturated carbocycles. The molecule has 0 fully saturated rings. The number of anilines is 1. The van der Waals surface area contributed by atoms with Gasteiger partial charge >= 0.3 is 5.97 Å². The van der Waals surface area contributed by atoms with Gasteiger partial charge in [-0.05, 0) is 48.4 Å². The van der Waals surface area contributed by atoms with E-state index in [0.29, 0.717) is 27.6 Å². The SMILES string of the molecule is Cc1ccc(NC(=O)COC(=O)/C=C/c2cc(Cl)c3c(c2)OCO3)cc1F. The summed E-state index contributed by atoms with van der Waals surface area (Å²) in [5.74, 6) is -0.781. The summed E-state index contributed by atoms with van der Waals surface area (Å²) in [6.45, 7) is 1.20. The molecule has 0 spiro atoms. The fourth-order valence-corrected chi connectivity index (χ4v) is 2.57. The van der Waals surface area contributed by atoms with E-state index < -0.39 is 24.3 Å². The molecule has 0 atom stereocenters. The van der Waals surface area contributed by atoms with Gasteiger partial charge in [0.1, 0.15) is 5.82 Å². The van der Waals surface area contributed by atoms with Gasteiger partial charge in [0, 0.05) is 11.8 Å². The first-order valence-electron chi connectivity index (χ1n) is 7.92. The molecule has 1 amide bonds. The van der Waals surface area contributed by atoms with Crippen LogP contribution in [-0.4, -0.2) is 25.3 Å². The van der Waals surface area contributed by atoms with Gasteiger partial charge in [-0.15, -0.1) is 0 Å². The highest BCUT2D eigenvalue weighted by Crippen LogP contribution is 2.40. The fourth-order valence-electron chi connectivity index (χ4n) is 2.30. The van der Waals surface area contributed by atoms with Crippen LogP contribution in [0.2, 0.25) is 5.02 Å². The van der Waals surface area contributed by atoms with E-state index in [9.17, 15) is 14.0 Å². The van der Waals surface area contributed by atoms with Crippen LogP contribution in [0, 0.1) is 12.7 Å². The Labute approximate surface area is 159 Å². The van der Waals surface area contributed by atoms with E-state index in [0.717, 1.165) is 6.08 Å². The van der Waals surface area contributed by atoms with Crippen LogP contribution < -0.4 is 14.8 Å². The number of rotatable bonds is 5. The van der Waals surface area contributed by atoms with Gasteiger partial charge in [-0.1, -0.05) is 17.7 Å². The highest BCUT2D eigenvalue weighted by atomic mass is 35.5. The van der Waals surface area contributed by atoms with E-state index in [-0.39, 0.29) is 12.5 Å². The third kappa shape index (κ3) is 4.77. The topological polar surface area (TPSA) is 73.9 Å². The van der Waals surface area contributed by atoms with E-state index in [2.05, 4.69) is 5.32 Å². The number of ether oxygens (including phenoxy) is 3. The summed E-state index contributed by atoms with van der Waals surface area (Å²) in [7, 11) is 0. The number of esters is 1. The van der Waals surface area contributed by atoms with Crippen LogP contribution in [0.1, 0.15) is 11.1 Å². The molecule has 0 radical (unpaired) electrons. The van der Waals surface area contributed by atoms with Gasteiger partial charge in [0.25, 0.3) is 5.91 Å². The van der Waals surface area contributed by atoms with Gasteiger partial charge in [0.15, 0.2) is 18.1 Å². The van der Waals surface area contributed by atoms with E-state index in [1.807, 2.05) is 0 Å². The standard InChI is InChI=1S/C19H15ClFNO5/c1-11-2-4-13(8-15(11)21)22-17(23)9-25-18(24)5-3-12-6-14(20)19-16(7-12)26-10-27-19/h2-8H,9-10H2,1H3,(H,22,23)/b5-3+. The summed E-state index contributed by atoms with van der Waals surface area (Å²) in [6, 6.07) is 7.56. The van der Waals surface area contributed by atoms with Crippen molar-refractivity contribution < 1.29 is 28.2 Å². The maximum absolute atomic E-state index is 13.4. The van der Waals surface area contributed by atoms with E-state index in [4.69, 9.17) is 25.8 Å². The quantitative estimate of drug-likeness (QED) is 0.621. The lowest BCUT2D eigenvalue weighted by atomic mass is 10.2. The van der Waals surface area contributed by atoms with Crippen LogP contribution in [0.25, 0.3) is 6.08 Å². The third-order valence-corrected chi connectivity index (χ3v) is 3.94. The highest BCUT2D eigenvalue weighted by Gasteiger charge is 2.17. The van der Waals surface area contributed by atoms with Gasteiger partial charge in [-0.3, -0.25) is 4.79 Å². The Balaban J connectivity index is 1.52. The lowest BCUT2D eigenvalue weighted by Crippen LogP contribution is -2.20. The average molecular weight is 392 g/mol. The molecule has 3 rings (SSSR count). The van der Waals surface area contributed by atoms with Crippen LogP contribution >= 0.6 is 11.6 Å². The molecule has 0 saturated heterocycles. The largest absolute Gasteiger partial charge is 0.454 e. The number of hydrogen-bond donors (Lipinski definition) is 1. The lowest BCUT2D eigenvalue weighted by molar-refractivity contribution is -0.142. The molecule has 1 heterocycles. The number of benzene rings is 2. The molecular weight excluding hydrogens is 377 g/mol. The minimum absolute atomic E-state index is 0.0876. The zero-order valence-electron chi connectivity index (χ0n) is 14.3. The fraction of sp³-hybridized carbons (Fsp3) is 0.158. The van der Waals surface area contributed by atoms with Crippen molar-refractivity contribution in [2.24, 2.45) is 0 Å². The summed E-state index contributed by atoms with van der Waals surface area (Å²) >= 11 is 6.06. The van der Waals surface area contributed by atoms with E-state index in [1.54, 1.807) is 25.1 Å². The van der Waals surface area contributed by atoms with Gasteiger partial charge < -0.3 is 19.5 Å². The van der Waals surface area contributed by atoms with Crippen LogP contribution in [0.4, 0.5) is 10.1 Å². The Kier molecular flexibility index (Phi) is 5.61. The molecule has 0 unspecified atom stereocenters. The maximum Gasteiger partial charge on any atom is 0.331 e. The van der Waals surface area contributed by atoms with Gasteiger partial charge in [-0.2, -0.15) is 0 Å². The van der Waals surface area contributed by atoms with E-state index >= 15 is 0 Å². The molecule has 0 bridgehead atoms. The number of nitrogens with one attached hydrogen (secondary N) is 1. The molecule has 2 aromatic carbocycles. The second-order valence-electron chi connectivity index (χ2n) is 5.69. The summed E-state index contributed by atoms with van der Waals surface area (Å²) in [4.78, 5) is 23.5. The first-order chi connectivity index (χ1) is 12.9. The summed E-state index contributed by atoms with van der Waals surface area (Å²) in [6.07, 6.45) is 2.64. The van der Waals surface area contributed by atoms with Crippen LogP contribution in [0.5, 0.6) is 11.5 Å². The minimum Gasteiger partial charge on any atom is -0.454 e. The Morgan fingerprint density at radius 2 is 2.11 bits per heavy atom. The van der Waals surface area contributed by atoms with Crippen LogP contribution in [0.3, 0.4) is 0 Å². The van der Waals surface area contributed by atoms with Crippen molar-refractivity contribution in [3.8, 4) is 11.5 Å². The Hall–Kier alpha value is -3.06. The van der Waals surface area contributed by atoms with Crippen molar-refractivity contribution in [1.82, 2.24) is 0 Å². The number of hydrogen-bond acceptors (Lipinski definition) is 5. The van der Waals surface area contributed by atoms with Gasteiger partial charge in [0.05, 0.1) is 5.02 Å². The third-order valence-electron chi connectivity index (χ3n) is 3.66. The van der Waals surface area contributed by atoms with Crippen molar-refractivity contribution in [1.29, 1.82) is 0 Å². The lowest BCUT2D eigenvalue weighted by Gasteiger charge is -2.06. The number of carbonyl (C=O) groups excluding carboxylic acids is 2. The van der Waals surface area contributed by atoms with Crippen molar-refractivity contribution in [3.63, 3.8) is 0 Å². The molecule has 6 nitrogen and oxygen atoms in total. The van der Waals surface area contributed by atoms with Crippen molar-refractivity contribution >= 4 is 35.2 Å². The number of aryl methyl sites for hydroxylation is 1. The first kappa shape index (κ1) is 18.7. The Morgan fingerprint density at radius 3 is 2.89 bits per heavy atom.